The first-order chi connectivity index (χ1) is 7.75. The summed E-state index contributed by atoms with van der Waals surface area (Å²) in [5, 5.41) is 3.31. The Balaban J connectivity index is 1.89. The minimum atomic E-state index is 0.207. The van der Waals surface area contributed by atoms with Crippen molar-refractivity contribution in [3.05, 3.63) is 30.2 Å². The van der Waals surface area contributed by atoms with Crippen LogP contribution in [0.25, 0.3) is 11.1 Å². The van der Waals surface area contributed by atoms with E-state index in [0.717, 1.165) is 30.6 Å². The molecule has 1 aromatic heterocycles. The molecule has 1 unspecified atom stereocenters. The molecule has 0 aliphatic rings. The molecule has 2 aromatic rings. The highest BCUT2D eigenvalue weighted by Gasteiger charge is 2.00. The fourth-order valence-corrected chi connectivity index (χ4v) is 1.62. The molecule has 0 amide bonds. The molecule has 0 aliphatic heterocycles. The molecule has 0 aliphatic carbocycles. The Hall–Kier alpha value is -1.39. The van der Waals surface area contributed by atoms with E-state index >= 15 is 0 Å². The zero-order chi connectivity index (χ0) is 11.4. The molecule has 0 fully saturated rings. The van der Waals surface area contributed by atoms with Gasteiger partial charge in [-0.2, -0.15) is 0 Å². The summed E-state index contributed by atoms with van der Waals surface area (Å²) in [5.74, 6) is 0. The van der Waals surface area contributed by atoms with Crippen molar-refractivity contribution < 1.29 is 4.42 Å². The lowest BCUT2D eigenvalue weighted by Crippen LogP contribution is -2.32. The van der Waals surface area contributed by atoms with Gasteiger partial charge in [0.1, 0.15) is 5.52 Å². The first-order valence-corrected chi connectivity index (χ1v) is 5.54. The molecule has 0 saturated carbocycles. The number of rotatable bonds is 5. The molecule has 3 N–H and O–H groups in total. The molecule has 4 heteroatoms. The summed E-state index contributed by atoms with van der Waals surface area (Å²) in [7, 11) is 0. The average molecular weight is 219 g/mol. The largest absolute Gasteiger partial charge is 0.443 e. The summed E-state index contributed by atoms with van der Waals surface area (Å²) in [5.41, 5.74) is 8.67. The summed E-state index contributed by atoms with van der Waals surface area (Å²) in [6.45, 7) is 3.78. The predicted octanol–water partition coefficient (Wildman–Crippen LogP) is 1.31. The summed E-state index contributed by atoms with van der Waals surface area (Å²) < 4.78 is 5.19. The van der Waals surface area contributed by atoms with E-state index in [4.69, 9.17) is 10.2 Å². The van der Waals surface area contributed by atoms with Gasteiger partial charge in [-0.1, -0.05) is 6.07 Å². The van der Waals surface area contributed by atoms with Crippen LogP contribution in [0.4, 0.5) is 0 Å². The van der Waals surface area contributed by atoms with E-state index in [1.165, 1.54) is 12.0 Å². The minimum Gasteiger partial charge on any atom is -0.443 e. The molecule has 0 bridgehead atoms. The zero-order valence-electron chi connectivity index (χ0n) is 9.44. The van der Waals surface area contributed by atoms with Crippen LogP contribution in [-0.4, -0.2) is 24.1 Å². The van der Waals surface area contributed by atoms with Gasteiger partial charge in [-0.15, -0.1) is 0 Å². The Kier molecular flexibility index (Phi) is 3.54. The van der Waals surface area contributed by atoms with Gasteiger partial charge in [0.25, 0.3) is 0 Å². The Morgan fingerprint density at radius 2 is 2.38 bits per heavy atom. The molecule has 86 valence electrons. The Morgan fingerprint density at radius 1 is 1.50 bits per heavy atom. The second kappa shape index (κ2) is 5.09. The molecule has 1 atom stereocenters. The number of fused-ring (bicyclic) bond motifs is 1. The number of nitrogens with zero attached hydrogens (tertiary/aromatic N) is 1. The Labute approximate surface area is 94.8 Å². The van der Waals surface area contributed by atoms with Crippen LogP contribution in [0, 0.1) is 0 Å². The topological polar surface area (TPSA) is 64.1 Å². The maximum Gasteiger partial charge on any atom is 0.181 e. The van der Waals surface area contributed by atoms with Crippen LogP contribution in [0.5, 0.6) is 0 Å². The number of hydrogen-bond acceptors (Lipinski definition) is 4. The van der Waals surface area contributed by atoms with Crippen LogP contribution in [0.3, 0.4) is 0 Å². The Morgan fingerprint density at radius 3 is 3.19 bits per heavy atom. The standard InChI is InChI=1S/C12H17N3O/c1-9(13)7-14-5-4-10-2-3-12-11(6-10)15-8-16-12/h2-3,6,8-9,14H,4-5,7,13H2,1H3. The fraction of sp³-hybridized carbons (Fsp3) is 0.417. The molecular formula is C12H17N3O. The molecule has 0 spiro atoms. The molecule has 0 radical (unpaired) electrons. The number of oxazole rings is 1. The smallest absolute Gasteiger partial charge is 0.181 e. The lowest BCUT2D eigenvalue weighted by Gasteiger charge is -2.07. The molecule has 2 rings (SSSR count). The molecule has 16 heavy (non-hydrogen) atoms. The van der Waals surface area contributed by atoms with Crippen LogP contribution in [-0.2, 0) is 6.42 Å². The van der Waals surface area contributed by atoms with Crippen LogP contribution < -0.4 is 11.1 Å². The van der Waals surface area contributed by atoms with Crippen molar-refractivity contribution in [2.75, 3.05) is 13.1 Å². The predicted molar refractivity (Wildman–Crippen MR) is 64.2 cm³/mol. The molecule has 0 saturated heterocycles. The van der Waals surface area contributed by atoms with Crippen molar-refractivity contribution in [2.45, 2.75) is 19.4 Å². The van der Waals surface area contributed by atoms with Crippen LogP contribution >= 0.6 is 0 Å². The first-order valence-electron chi connectivity index (χ1n) is 5.54. The number of benzene rings is 1. The lowest BCUT2D eigenvalue weighted by molar-refractivity contribution is 0.601. The highest BCUT2D eigenvalue weighted by atomic mass is 16.3. The van der Waals surface area contributed by atoms with E-state index in [1.807, 2.05) is 13.0 Å². The van der Waals surface area contributed by atoms with Crippen LogP contribution in [0.2, 0.25) is 0 Å². The summed E-state index contributed by atoms with van der Waals surface area (Å²) in [6.07, 6.45) is 2.46. The van der Waals surface area contributed by atoms with Gasteiger partial charge in [0.15, 0.2) is 12.0 Å². The van der Waals surface area contributed by atoms with Crippen molar-refractivity contribution in [1.82, 2.24) is 10.3 Å². The molecule has 1 heterocycles. The zero-order valence-corrected chi connectivity index (χ0v) is 9.44. The van der Waals surface area contributed by atoms with Gasteiger partial charge in [0.05, 0.1) is 0 Å². The van der Waals surface area contributed by atoms with E-state index in [0.29, 0.717) is 0 Å². The van der Waals surface area contributed by atoms with E-state index in [1.54, 1.807) is 0 Å². The summed E-state index contributed by atoms with van der Waals surface area (Å²) >= 11 is 0. The monoisotopic (exact) mass is 219 g/mol. The van der Waals surface area contributed by atoms with Crippen molar-refractivity contribution in [3.8, 4) is 0 Å². The van der Waals surface area contributed by atoms with Crippen molar-refractivity contribution in [3.63, 3.8) is 0 Å². The first kappa shape index (κ1) is 11.1. The SMILES string of the molecule is CC(N)CNCCc1ccc2ocnc2c1. The maximum absolute atomic E-state index is 5.65. The van der Waals surface area contributed by atoms with Gasteiger partial charge in [0.2, 0.25) is 0 Å². The number of hydrogen-bond donors (Lipinski definition) is 2. The van der Waals surface area contributed by atoms with Gasteiger partial charge >= 0.3 is 0 Å². The average Bonchev–Trinajstić information content (AvgIpc) is 2.71. The van der Waals surface area contributed by atoms with Gasteiger partial charge < -0.3 is 15.5 Å². The summed E-state index contributed by atoms with van der Waals surface area (Å²) in [4.78, 5) is 4.13. The highest BCUT2D eigenvalue weighted by Crippen LogP contribution is 2.14. The quantitative estimate of drug-likeness (QED) is 0.744. The van der Waals surface area contributed by atoms with Crippen molar-refractivity contribution in [2.24, 2.45) is 5.73 Å². The summed E-state index contributed by atoms with van der Waals surface area (Å²) in [6, 6.07) is 6.30. The second-order valence-corrected chi connectivity index (χ2v) is 4.09. The normalized spacial score (nSPS) is 13.1. The number of aromatic nitrogens is 1. The van der Waals surface area contributed by atoms with Gasteiger partial charge in [0, 0.05) is 12.6 Å². The third-order valence-electron chi connectivity index (χ3n) is 2.45. The van der Waals surface area contributed by atoms with Crippen molar-refractivity contribution in [1.29, 1.82) is 0 Å². The third-order valence-corrected chi connectivity index (χ3v) is 2.45. The van der Waals surface area contributed by atoms with Gasteiger partial charge in [-0.25, -0.2) is 4.98 Å². The van der Waals surface area contributed by atoms with E-state index in [9.17, 15) is 0 Å². The third kappa shape index (κ3) is 2.81. The lowest BCUT2D eigenvalue weighted by atomic mass is 10.1. The fourth-order valence-electron chi connectivity index (χ4n) is 1.62. The Bertz CT molecular complexity index is 450. The highest BCUT2D eigenvalue weighted by molar-refractivity contribution is 5.72. The second-order valence-electron chi connectivity index (χ2n) is 4.09. The van der Waals surface area contributed by atoms with E-state index in [2.05, 4.69) is 22.4 Å². The number of nitrogens with one attached hydrogen (secondary N) is 1. The molecular weight excluding hydrogens is 202 g/mol. The van der Waals surface area contributed by atoms with Crippen LogP contribution in [0.1, 0.15) is 12.5 Å². The van der Waals surface area contributed by atoms with Gasteiger partial charge in [-0.3, -0.25) is 0 Å². The molecule has 4 nitrogen and oxygen atoms in total. The van der Waals surface area contributed by atoms with E-state index in [-0.39, 0.29) is 6.04 Å². The number of nitrogens with two attached hydrogens (primary N) is 1. The minimum absolute atomic E-state index is 0.207. The van der Waals surface area contributed by atoms with Gasteiger partial charge in [-0.05, 0) is 37.6 Å². The maximum atomic E-state index is 5.65. The molecule has 1 aromatic carbocycles. The van der Waals surface area contributed by atoms with Crippen molar-refractivity contribution >= 4 is 11.1 Å². The van der Waals surface area contributed by atoms with Crippen LogP contribution in [0.15, 0.2) is 29.0 Å². The van der Waals surface area contributed by atoms with E-state index < -0.39 is 0 Å².